The average Bonchev–Trinajstić information content (AvgIpc) is 3.20. The molecule has 2 aliphatic heterocycles. The molecule has 2 saturated heterocycles. The van der Waals surface area contributed by atoms with E-state index in [-0.39, 0.29) is 11.8 Å². The predicted molar refractivity (Wildman–Crippen MR) is 93.4 cm³/mol. The zero-order valence-electron chi connectivity index (χ0n) is 14.0. The number of hydrogen-bond acceptors (Lipinski definition) is 6. The molecule has 7 nitrogen and oxygen atoms in total. The van der Waals surface area contributed by atoms with Gasteiger partial charge in [-0.15, -0.1) is 5.10 Å². The van der Waals surface area contributed by atoms with Gasteiger partial charge in [-0.2, -0.15) is 0 Å². The summed E-state index contributed by atoms with van der Waals surface area (Å²) in [6.07, 6.45) is 5.83. The maximum atomic E-state index is 13.1. The lowest BCUT2D eigenvalue weighted by Crippen LogP contribution is -2.50. The van der Waals surface area contributed by atoms with Crippen LogP contribution in [-0.4, -0.2) is 50.9 Å². The SMILES string of the molecule is Cc1snnc1C(=O)N1CCCC2(CCN(c3cccnc3)C2=O)C1. The summed E-state index contributed by atoms with van der Waals surface area (Å²) in [5.41, 5.74) is 0.755. The summed E-state index contributed by atoms with van der Waals surface area (Å²) in [5.74, 6) is -0.0101. The summed E-state index contributed by atoms with van der Waals surface area (Å²) >= 11 is 1.23. The molecule has 4 heterocycles. The van der Waals surface area contributed by atoms with Crippen LogP contribution in [0.3, 0.4) is 0 Å². The zero-order valence-corrected chi connectivity index (χ0v) is 14.8. The van der Waals surface area contributed by atoms with Crippen molar-refractivity contribution in [2.24, 2.45) is 5.41 Å². The highest BCUT2D eigenvalue weighted by atomic mass is 32.1. The van der Waals surface area contributed by atoms with Crippen LogP contribution < -0.4 is 4.90 Å². The smallest absolute Gasteiger partial charge is 0.275 e. The fourth-order valence-electron chi connectivity index (χ4n) is 3.84. The van der Waals surface area contributed by atoms with Crippen LogP contribution in [0.5, 0.6) is 0 Å². The summed E-state index contributed by atoms with van der Waals surface area (Å²) in [4.78, 5) is 34.4. The largest absolute Gasteiger partial charge is 0.336 e. The quantitative estimate of drug-likeness (QED) is 0.820. The van der Waals surface area contributed by atoms with Crippen molar-refractivity contribution >= 4 is 29.0 Å². The zero-order chi connectivity index (χ0) is 17.4. The van der Waals surface area contributed by atoms with E-state index in [1.54, 1.807) is 22.2 Å². The van der Waals surface area contributed by atoms with Crippen molar-refractivity contribution in [1.82, 2.24) is 19.5 Å². The third-order valence-corrected chi connectivity index (χ3v) is 5.82. The van der Waals surface area contributed by atoms with Crippen LogP contribution in [0.2, 0.25) is 0 Å². The van der Waals surface area contributed by atoms with Crippen molar-refractivity contribution in [3.05, 3.63) is 35.1 Å². The van der Waals surface area contributed by atoms with E-state index in [4.69, 9.17) is 0 Å². The summed E-state index contributed by atoms with van der Waals surface area (Å²) in [7, 11) is 0. The highest BCUT2D eigenvalue weighted by molar-refractivity contribution is 7.05. The summed E-state index contributed by atoms with van der Waals surface area (Å²) < 4.78 is 3.86. The normalized spacial score (nSPS) is 23.5. The molecule has 8 heteroatoms. The van der Waals surface area contributed by atoms with Gasteiger partial charge < -0.3 is 9.80 Å². The van der Waals surface area contributed by atoms with Gasteiger partial charge in [0.25, 0.3) is 5.91 Å². The Kier molecular flexibility index (Phi) is 3.99. The molecule has 130 valence electrons. The first kappa shape index (κ1) is 16.1. The lowest BCUT2D eigenvalue weighted by atomic mass is 9.78. The molecule has 0 aliphatic carbocycles. The summed E-state index contributed by atoms with van der Waals surface area (Å²) in [6, 6.07) is 3.74. The number of rotatable bonds is 2. The Morgan fingerprint density at radius 3 is 2.92 bits per heavy atom. The van der Waals surface area contributed by atoms with Gasteiger partial charge in [0.1, 0.15) is 0 Å². The number of anilines is 1. The molecule has 4 rings (SSSR count). The van der Waals surface area contributed by atoms with E-state index in [1.165, 1.54) is 11.5 Å². The lowest BCUT2D eigenvalue weighted by molar-refractivity contribution is -0.127. The Labute approximate surface area is 149 Å². The molecule has 0 aromatic carbocycles. The van der Waals surface area contributed by atoms with E-state index in [1.807, 2.05) is 19.1 Å². The van der Waals surface area contributed by atoms with Crippen LogP contribution in [0.25, 0.3) is 0 Å². The monoisotopic (exact) mass is 357 g/mol. The van der Waals surface area contributed by atoms with Crippen molar-refractivity contribution in [2.45, 2.75) is 26.2 Å². The van der Waals surface area contributed by atoms with E-state index in [2.05, 4.69) is 14.6 Å². The van der Waals surface area contributed by atoms with Crippen molar-refractivity contribution < 1.29 is 9.59 Å². The van der Waals surface area contributed by atoms with Crippen molar-refractivity contribution in [2.75, 3.05) is 24.5 Å². The molecular formula is C17H19N5O2S. The van der Waals surface area contributed by atoms with Gasteiger partial charge in [0.2, 0.25) is 5.91 Å². The maximum Gasteiger partial charge on any atom is 0.275 e. The van der Waals surface area contributed by atoms with Crippen LogP contribution >= 0.6 is 11.5 Å². The Bertz CT molecular complexity index is 808. The number of piperidine rings is 1. The number of carbonyl (C=O) groups is 2. The number of likely N-dealkylation sites (tertiary alicyclic amines) is 1. The Morgan fingerprint density at radius 2 is 2.20 bits per heavy atom. The summed E-state index contributed by atoms with van der Waals surface area (Å²) in [6.45, 7) is 3.64. The molecular weight excluding hydrogens is 338 g/mol. The Hall–Kier alpha value is -2.35. The first-order chi connectivity index (χ1) is 12.1. The second-order valence-electron chi connectivity index (χ2n) is 6.71. The van der Waals surface area contributed by atoms with Crippen molar-refractivity contribution in [3.63, 3.8) is 0 Å². The van der Waals surface area contributed by atoms with Crippen LogP contribution in [0.4, 0.5) is 5.69 Å². The molecule has 0 saturated carbocycles. The van der Waals surface area contributed by atoms with E-state index in [0.717, 1.165) is 29.8 Å². The molecule has 1 unspecified atom stereocenters. The Morgan fingerprint density at radius 1 is 1.32 bits per heavy atom. The highest BCUT2D eigenvalue weighted by Crippen LogP contribution is 2.42. The van der Waals surface area contributed by atoms with Gasteiger partial charge in [0, 0.05) is 25.8 Å². The molecule has 2 aromatic heterocycles. The number of aryl methyl sites for hydroxylation is 1. The third kappa shape index (κ3) is 2.70. The minimum absolute atomic E-state index is 0.103. The van der Waals surface area contributed by atoms with Gasteiger partial charge in [0.05, 0.1) is 22.2 Å². The van der Waals surface area contributed by atoms with Crippen LogP contribution in [0.1, 0.15) is 34.6 Å². The average molecular weight is 357 g/mol. The first-order valence-electron chi connectivity index (χ1n) is 8.41. The molecule has 0 N–H and O–H groups in total. The second-order valence-corrected chi connectivity index (χ2v) is 7.66. The lowest BCUT2D eigenvalue weighted by Gasteiger charge is -2.38. The number of amides is 2. The second kappa shape index (κ2) is 6.18. The van der Waals surface area contributed by atoms with Crippen LogP contribution in [0.15, 0.2) is 24.5 Å². The van der Waals surface area contributed by atoms with Gasteiger partial charge in [-0.3, -0.25) is 14.6 Å². The minimum Gasteiger partial charge on any atom is -0.336 e. The molecule has 2 amide bonds. The molecule has 25 heavy (non-hydrogen) atoms. The standard InChI is InChI=1S/C17H19N5O2S/c1-12-14(19-20-25-12)15(23)21-8-3-5-17(11-21)6-9-22(16(17)24)13-4-2-7-18-10-13/h2,4,7,10H,3,5-6,8-9,11H2,1H3. The van der Waals surface area contributed by atoms with Crippen LogP contribution in [0, 0.1) is 12.3 Å². The first-order valence-corrected chi connectivity index (χ1v) is 9.18. The number of nitrogens with zero attached hydrogens (tertiary/aromatic N) is 5. The topological polar surface area (TPSA) is 79.3 Å². The van der Waals surface area contributed by atoms with Gasteiger partial charge in [-0.05, 0) is 49.9 Å². The van der Waals surface area contributed by atoms with E-state index >= 15 is 0 Å². The number of pyridine rings is 1. The van der Waals surface area contributed by atoms with E-state index in [0.29, 0.717) is 25.3 Å². The van der Waals surface area contributed by atoms with Gasteiger partial charge in [-0.1, -0.05) is 4.49 Å². The van der Waals surface area contributed by atoms with Gasteiger partial charge in [-0.25, -0.2) is 0 Å². The molecule has 2 aromatic rings. The number of hydrogen-bond donors (Lipinski definition) is 0. The third-order valence-electron chi connectivity index (χ3n) is 5.19. The molecule has 1 atom stereocenters. The van der Waals surface area contributed by atoms with E-state index in [9.17, 15) is 9.59 Å². The fourth-order valence-corrected chi connectivity index (χ4v) is 4.30. The minimum atomic E-state index is -0.485. The van der Waals surface area contributed by atoms with Crippen molar-refractivity contribution in [1.29, 1.82) is 0 Å². The molecule has 0 radical (unpaired) electrons. The van der Waals surface area contributed by atoms with E-state index < -0.39 is 5.41 Å². The molecule has 2 aliphatic rings. The van der Waals surface area contributed by atoms with Gasteiger partial charge in [0.15, 0.2) is 5.69 Å². The fraction of sp³-hybridized carbons (Fsp3) is 0.471. The Balaban J connectivity index is 1.56. The number of carbonyl (C=O) groups excluding carboxylic acids is 2. The maximum absolute atomic E-state index is 13.1. The molecule has 1 spiro atoms. The number of aromatic nitrogens is 3. The molecule has 2 fully saturated rings. The highest BCUT2D eigenvalue weighted by Gasteiger charge is 2.50. The van der Waals surface area contributed by atoms with Gasteiger partial charge >= 0.3 is 0 Å². The summed E-state index contributed by atoms with van der Waals surface area (Å²) in [5, 5.41) is 3.96. The molecule has 0 bridgehead atoms. The van der Waals surface area contributed by atoms with Crippen molar-refractivity contribution in [3.8, 4) is 0 Å². The van der Waals surface area contributed by atoms with Crippen LogP contribution in [-0.2, 0) is 4.79 Å². The predicted octanol–water partition coefficient (Wildman–Crippen LogP) is 1.90.